The van der Waals surface area contributed by atoms with E-state index in [0.717, 1.165) is 11.4 Å². The topological polar surface area (TPSA) is 6.48 Å². The van der Waals surface area contributed by atoms with Crippen LogP contribution in [0.4, 0.5) is 34.1 Å². The highest BCUT2D eigenvalue weighted by Gasteiger charge is 2.44. The molecule has 0 N–H and O–H groups in total. The van der Waals surface area contributed by atoms with Crippen LogP contribution in [0, 0.1) is 0 Å². The lowest BCUT2D eigenvalue weighted by Gasteiger charge is -2.45. The minimum absolute atomic E-state index is 0.00214. The van der Waals surface area contributed by atoms with E-state index in [4.69, 9.17) is 0 Å². The Labute approximate surface area is 361 Å². The van der Waals surface area contributed by atoms with Crippen LogP contribution in [-0.4, -0.2) is 14.8 Å². The van der Waals surface area contributed by atoms with E-state index in [2.05, 4.69) is 248 Å². The maximum atomic E-state index is 2.56. The lowest BCUT2D eigenvalue weighted by atomic mass is 9.33. The quantitative estimate of drug-likeness (QED) is 0.148. The van der Waals surface area contributed by atoms with E-state index in [1.165, 1.54) is 88.8 Å². The minimum Gasteiger partial charge on any atom is -0.311 e. The Morgan fingerprint density at radius 1 is 0.311 bits per heavy atom. The molecule has 0 aromatic heterocycles. The summed E-state index contributed by atoms with van der Waals surface area (Å²) in [7, 11) is -1.85. The first-order valence-corrected chi connectivity index (χ1v) is 24.9. The van der Waals surface area contributed by atoms with E-state index in [1.807, 2.05) is 0 Å². The highest BCUT2D eigenvalue weighted by atomic mass is 28.3. The highest BCUT2D eigenvalue weighted by molar-refractivity contribution is 7.00. The number of fused-ring (bicyclic) bond motifs is 4. The summed E-state index contributed by atoms with van der Waals surface area (Å²) in [4.78, 5) is 5.11. The Morgan fingerprint density at radius 2 is 0.623 bits per heavy atom. The summed E-state index contributed by atoms with van der Waals surface area (Å²) in [5.74, 6) is 0. The molecule has 9 aromatic rings. The molecule has 2 nitrogen and oxygen atoms in total. The third-order valence-electron chi connectivity index (χ3n) is 12.6. The van der Waals surface area contributed by atoms with Gasteiger partial charge in [0.25, 0.3) is 6.71 Å². The lowest BCUT2D eigenvalue weighted by Crippen LogP contribution is -2.62. The van der Waals surface area contributed by atoms with Gasteiger partial charge in [0.15, 0.2) is 0 Å². The van der Waals surface area contributed by atoms with Crippen LogP contribution in [0.15, 0.2) is 218 Å². The van der Waals surface area contributed by atoms with E-state index >= 15 is 0 Å². The summed E-state index contributed by atoms with van der Waals surface area (Å²) < 4.78 is 0. The maximum Gasteiger partial charge on any atom is 0.252 e. The van der Waals surface area contributed by atoms with Crippen molar-refractivity contribution < 1.29 is 0 Å². The zero-order valence-corrected chi connectivity index (χ0v) is 35.8. The van der Waals surface area contributed by atoms with Crippen molar-refractivity contribution in [2.24, 2.45) is 0 Å². The van der Waals surface area contributed by atoms with E-state index in [1.54, 1.807) is 0 Å². The fraction of sp³-hybridized carbons (Fsp3) is 0.0526. The summed E-state index contributed by atoms with van der Waals surface area (Å²) in [6, 6.07) is 80.9. The normalized spacial score (nSPS) is 12.7. The van der Waals surface area contributed by atoms with Crippen molar-refractivity contribution >= 4 is 70.5 Å². The number of anilines is 6. The molecular weight excluding hydrogens is 752 g/mol. The van der Waals surface area contributed by atoms with Crippen LogP contribution >= 0.6 is 0 Å². The Kier molecular flexibility index (Phi) is 8.98. The minimum atomic E-state index is -1.85. The summed E-state index contributed by atoms with van der Waals surface area (Å²) in [6.07, 6.45) is 0. The molecule has 9 aromatic carbocycles. The van der Waals surface area contributed by atoms with Gasteiger partial charge in [0.1, 0.15) is 0 Å². The van der Waals surface area contributed by atoms with Gasteiger partial charge in [0.2, 0.25) is 0 Å². The molecule has 0 amide bonds. The number of benzene rings is 9. The van der Waals surface area contributed by atoms with Gasteiger partial charge in [-0.25, -0.2) is 0 Å². The number of hydrogen-bond acceptors (Lipinski definition) is 2. The predicted octanol–water partition coefficient (Wildman–Crippen LogP) is 13.0. The van der Waals surface area contributed by atoms with Crippen LogP contribution in [0.2, 0.25) is 19.6 Å². The summed E-state index contributed by atoms with van der Waals surface area (Å²) in [6.45, 7) is 7.42. The molecule has 0 fully saturated rings. The van der Waals surface area contributed by atoms with Crippen molar-refractivity contribution in [1.82, 2.24) is 0 Å². The first-order valence-electron chi connectivity index (χ1n) is 21.4. The molecule has 2 heterocycles. The SMILES string of the molecule is C[Si](C)(C)c1cc2c3c(c1)N(c1ccc(-c4ccccc4)cc1)c1ccc(-c4ccccc4)cc1B3c1cc(-c3ccccc3)ccc1N2c1ccc(-c2ccccc2)cc1. The molecule has 2 aliphatic heterocycles. The first-order chi connectivity index (χ1) is 29.9. The fourth-order valence-electron chi connectivity index (χ4n) is 9.48. The second-order valence-electron chi connectivity index (χ2n) is 17.4. The van der Waals surface area contributed by atoms with Crippen molar-refractivity contribution in [3.63, 3.8) is 0 Å². The second-order valence-corrected chi connectivity index (χ2v) is 22.5. The smallest absolute Gasteiger partial charge is 0.252 e. The Bertz CT molecular complexity index is 2840. The molecule has 4 heteroatoms. The standard InChI is InChI=1S/C57H45BN2Si/c1-61(2,3)50-38-55-57-56(39-50)60(49-32-26-45(27-33-49)41-18-10-5-11-19-41)54-35-29-47(43-22-14-7-15-23-43)37-52(54)58(57)51-36-46(42-20-12-6-13-21-42)28-34-53(51)59(55)48-30-24-44(25-31-48)40-16-8-4-9-17-40/h4-39H,1-3H3. The van der Waals surface area contributed by atoms with Gasteiger partial charge in [-0.3, -0.25) is 0 Å². The van der Waals surface area contributed by atoms with Gasteiger partial charge in [-0.1, -0.05) is 195 Å². The van der Waals surface area contributed by atoms with Crippen LogP contribution < -0.4 is 31.4 Å². The highest BCUT2D eigenvalue weighted by Crippen LogP contribution is 2.45. The van der Waals surface area contributed by atoms with E-state index in [9.17, 15) is 0 Å². The largest absolute Gasteiger partial charge is 0.311 e. The molecule has 2 aliphatic rings. The third kappa shape index (κ3) is 6.52. The van der Waals surface area contributed by atoms with Gasteiger partial charge in [-0.15, -0.1) is 0 Å². The average molecular weight is 797 g/mol. The molecule has 0 unspecified atom stereocenters. The van der Waals surface area contributed by atoms with Crippen molar-refractivity contribution in [2.45, 2.75) is 19.6 Å². The summed E-state index contributed by atoms with van der Waals surface area (Å²) >= 11 is 0. The Morgan fingerprint density at radius 3 is 0.967 bits per heavy atom. The molecule has 0 saturated heterocycles. The number of rotatable bonds is 7. The molecule has 0 saturated carbocycles. The fourth-order valence-corrected chi connectivity index (χ4v) is 10.6. The molecule has 0 radical (unpaired) electrons. The van der Waals surface area contributed by atoms with Crippen LogP contribution in [0.1, 0.15) is 0 Å². The Hall–Kier alpha value is -7.14. The van der Waals surface area contributed by atoms with Crippen molar-refractivity contribution in [1.29, 1.82) is 0 Å². The van der Waals surface area contributed by atoms with Gasteiger partial charge in [0, 0.05) is 34.1 Å². The zero-order valence-electron chi connectivity index (χ0n) is 34.8. The van der Waals surface area contributed by atoms with Crippen LogP contribution in [0.25, 0.3) is 44.5 Å². The van der Waals surface area contributed by atoms with Crippen LogP contribution in [-0.2, 0) is 0 Å². The lowest BCUT2D eigenvalue weighted by molar-refractivity contribution is 1.26. The van der Waals surface area contributed by atoms with E-state index < -0.39 is 8.07 Å². The molecule has 0 aliphatic carbocycles. The third-order valence-corrected chi connectivity index (χ3v) is 14.6. The predicted molar refractivity (Wildman–Crippen MR) is 265 cm³/mol. The van der Waals surface area contributed by atoms with E-state index in [-0.39, 0.29) is 6.71 Å². The monoisotopic (exact) mass is 796 g/mol. The molecular formula is C57H45BN2Si. The van der Waals surface area contributed by atoms with Gasteiger partial charge >= 0.3 is 0 Å². The van der Waals surface area contributed by atoms with Crippen LogP contribution in [0.3, 0.4) is 0 Å². The van der Waals surface area contributed by atoms with Crippen molar-refractivity contribution in [2.75, 3.05) is 9.80 Å². The molecule has 290 valence electrons. The molecule has 11 rings (SSSR count). The van der Waals surface area contributed by atoms with Crippen molar-refractivity contribution in [3.8, 4) is 44.5 Å². The second kappa shape index (κ2) is 14.8. The summed E-state index contributed by atoms with van der Waals surface area (Å²) in [5.41, 5.74) is 21.0. The van der Waals surface area contributed by atoms with Crippen LogP contribution in [0.5, 0.6) is 0 Å². The first kappa shape index (κ1) is 36.9. The van der Waals surface area contributed by atoms with Gasteiger partial charge < -0.3 is 9.80 Å². The van der Waals surface area contributed by atoms with Gasteiger partial charge in [0.05, 0.1) is 8.07 Å². The average Bonchev–Trinajstić information content (AvgIpc) is 3.32. The molecule has 0 atom stereocenters. The molecule has 0 spiro atoms. The van der Waals surface area contributed by atoms with Gasteiger partial charge in [-0.05, 0) is 109 Å². The summed E-state index contributed by atoms with van der Waals surface area (Å²) in [5, 5.41) is 1.44. The number of hydrogen-bond donors (Lipinski definition) is 0. The Balaban J connectivity index is 1.20. The zero-order chi connectivity index (χ0) is 41.1. The maximum absolute atomic E-state index is 2.56. The number of nitrogens with zero attached hydrogens (tertiary/aromatic N) is 2. The van der Waals surface area contributed by atoms with E-state index in [0.29, 0.717) is 0 Å². The van der Waals surface area contributed by atoms with Gasteiger partial charge in [-0.2, -0.15) is 0 Å². The molecule has 61 heavy (non-hydrogen) atoms. The molecule has 0 bridgehead atoms. The van der Waals surface area contributed by atoms with Crippen molar-refractivity contribution in [3.05, 3.63) is 218 Å².